The van der Waals surface area contributed by atoms with E-state index in [-0.39, 0.29) is 0 Å². The molecule has 96 valence electrons. The van der Waals surface area contributed by atoms with Crippen LogP contribution in [0, 0.1) is 6.92 Å². The summed E-state index contributed by atoms with van der Waals surface area (Å²) in [5.41, 5.74) is 4.51. The second kappa shape index (κ2) is 5.35. The Bertz CT molecular complexity index is 652. The topological polar surface area (TPSA) is 25.2 Å². The van der Waals surface area contributed by atoms with Crippen molar-refractivity contribution in [1.82, 2.24) is 4.98 Å². The Morgan fingerprint density at radius 3 is 2.95 bits per heavy atom. The molecular weight excluding hydrogens is 276 g/mol. The SMILES string of the molecule is Cc1c(Cl)ccnc1CSC1=Nc2ccccc2C1. The van der Waals surface area contributed by atoms with Gasteiger partial charge in [-0.05, 0) is 30.2 Å². The van der Waals surface area contributed by atoms with Crippen molar-refractivity contribution in [2.24, 2.45) is 4.99 Å². The fraction of sp³-hybridized carbons (Fsp3) is 0.200. The van der Waals surface area contributed by atoms with Gasteiger partial charge in [-0.3, -0.25) is 4.98 Å². The van der Waals surface area contributed by atoms with Gasteiger partial charge >= 0.3 is 0 Å². The average Bonchev–Trinajstić information content (AvgIpc) is 2.83. The molecule has 0 atom stereocenters. The zero-order valence-electron chi connectivity index (χ0n) is 10.6. The maximum atomic E-state index is 6.10. The minimum absolute atomic E-state index is 0.780. The molecule has 0 saturated carbocycles. The van der Waals surface area contributed by atoms with Crippen LogP contribution in [0.25, 0.3) is 0 Å². The lowest BCUT2D eigenvalue weighted by Gasteiger charge is -2.05. The van der Waals surface area contributed by atoms with Crippen molar-refractivity contribution in [1.29, 1.82) is 0 Å². The van der Waals surface area contributed by atoms with E-state index in [9.17, 15) is 0 Å². The van der Waals surface area contributed by atoms with Crippen molar-refractivity contribution in [3.63, 3.8) is 0 Å². The Labute approximate surface area is 121 Å². The molecule has 0 fully saturated rings. The molecule has 1 aromatic heterocycles. The van der Waals surface area contributed by atoms with E-state index in [1.165, 1.54) is 5.56 Å². The lowest BCUT2D eigenvalue weighted by atomic mass is 10.2. The Balaban J connectivity index is 1.70. The van der Waals surface area contributed by atoms with Crippen LogP contribution in [0.1, 0.15) is 16.8 Å². The van der Waals surface area contributed by atoms with Gasteiger partial charge in [0.05, 0.1) is 16.4 Å². The predicted molar refractivity (Wildman–Crippen MR) is 82.5 cm³/mol. The fourth-order valence-electron chi connectivity index (χ4n) is 2.04. The first-order chi connectivity index (χ1) is 9.24. The Kier molecular flexibility index (Phi) is 3.58. The van der Waals surface area contributed by atoms with Crippen molar-refractivity contribution in [2.45, 2.75) is 19.1 Å². The molecule has 19 heavy (non-hydrogen) atoms. The molecule has 0 spiro atoms. The lowest BCUT2D eigenvalue weighted by Crippen LogP contribution is -1.97. The third-order valence-electron chi connectivity index (χ3n) is 3.20. The van der Waals surface area contributed by atoms with Crippen LogP contribution in [0.5, 0.6) is 0 Å². The zero-order chi connectivity index (χ0) is 13.2. The van der Waals surface area contributed by atoms with Gasteiger partial charge in [-0.1, -0.05) is 29.8 Å². The molecule has 1 aliphatic rings. The molecule has 0 radical (unpaired) electrons. The second-order valence-electron chi connectivity index (χ2n) is 4.46. The van der Waals surface area contributed by atoms with E-state index in [1.807, 2.05) is 19.1 Å². The van der Waals surface area contributed by atoms with Gasteiger partial charge in [0.2, 0.25) is 0 Å². The number of hydrogen-bond donors (Lipinski definition) is 0. The molecular formula is C15H13ClN2S. The lowest BCUT2D eigenvalue weighted by molar-refractivity contribution is 1.13. The van der Waals surface area contributed by atoms with Crippen LogP contribution in [0.3, 0.4) is 0 Å². The fourth-order valence-corrected chi connectivity index (χ4v) is 3.22. The number of halogens is 1. The summed E-state index contributed by atoms with van der Waals surface area (Å²) in [6.07, 6.45) is 2.69. The summed E-state index contributed by atoms with van der Waals surface area (Å²) >= 11 is 7.85. The number of aliphatic imine (C=N–C) groups is 1. The summed E-state index contributed by atoms with van der Waals surface area (Å²) in [5.74, 6) is 0.819. The quantitative estimate of drug-likeness (QED) is 0.809. The van der Waals surface area contributed by atoms with Gasteiger partial charge in [-0.2, -0.15) is 0 Å². The third-order valence-corrected chi connectivity index (χ3v) is 4.59. The van der Waals surface area contributed by atoms with Crippen molar-refractivity contribution >= 4 is 34.1 Å². The van der Waals surface area contributed by atoms with Crippen LogP contribution in [-0.2, 0) is 12.2 Å². The molecule has 0 bridgehead atoms. The molecule has 0 unspecified atom stereocenters. The van der Waals surface area contributed by atoms with Crippen LogP contribution in [-0.4, -0.2) is 10.0 Å². The predicted octanol–water partition coefficient (Wildman–Crippen LogP) is 4.56. The standard InChI is InChI=1S/C15H13ClN2S/c1-10-12(16)6-7-17-14(10)9-19-15-8-11-4-2-3-5-13(11)18-15/h2-7H,8-9H2,1H3. The Morgan fingerprint density at radius 1 is 1.26 bits per heavy atom. The highest BCUT2D eigenvalue weighted by atomic mass is 35.5. The van der Waals surface area contributed by atoms with E-state index in [0.717, 1.165) is 39.2 Å². The smallest absolute Gasteiger partial charge is 0.0787 e. The highest BCUT2D eigenvalue weighted by Crippen LogP contribution is 2.31. The van der Waals surface area contributed by atoms with Crippen LogP contribution in [0.2, 0.25) is 5.02 Å². The monoisotopic (exact) mass is 288 g/mol. The van der Waals surface area contributed by atoms with Gasteiger partial charge in [0, 0.05) is 23.4 Å². The van der Waals surface area contributed by atoms with E-state index in [4.69, 9.17) is 11.6 Å². The number of aromatic nitrogens is 1. The van der Waals surface area contributed by atoms with E-state index in [1.54, 1.807) is 18.0 Å². The maximum Gasteiger partial charge on any atom is 0.0787 e. The highest BCUT2D eigenvalue weighted by molar-refractivity contribution is 8.13. The number of benzene rings is 1. The number of fused-ring (bicyclic) bond motifs is 1. The van der Waals surface area contributed by atoms with Crippen LogP contribution in [0.4, 0.5) is 5.69 Å². The largest absolute Gasteiger partial charge is 0.260 e. The number of thioether (sulfide) groups is 1. The molecule has 0 saturated heterocycles. The van der Waals surface area contributed by atoms with Crippen LogP contribution < -0.4 is 0 Å². The molecule has 3 rings (SSSR count). The van der Waals surface area contributed by atoms with Gasteiger partial charge in [0.15, 0.2) is 0 Å². The van der Waals surface area contributed by atoms with Crippen LogP contribution in [0.15, 0.2) is 41.5 Å². The van der Waals surface area contributed by atoms with E-state index in [0.29, 0.717) is 0 Å². The van der Waals surface area contributed by atoms with Crippen molar-refractivity contribution in [2.75, 3.05) is 0 Å². The summed E-state index contributed by atoms with van der Waals surface area (Å²) < 4.78 is 0. The first kappa shape index (κ1) is 12.7. The number of rotatable bonds is 2. The number of para-hydroxylation sites is 1. The maximum absolute atomic E-state index is 6.10. The molecule has 1 aliphatic heterocycles. The molecule has 2 aromatic rings. The summed E-state index contributed by atoms with van der Waals surface area (Å²) in [7, 11) is 0. The van der Waals surface area contributed by atoms with Gasteiger partial charge in [0.1, 0.15) is 0 Å². The first-order valence-electron chi connectivity index (χ1n) is 6.12. The zero-order valence-corrected chi connectivity index (χ0v) is 12.1. The summed E-state index contributed by atoms with van der Waals surface area (Å²) in [5, 5.41) is 1.93. The van der Waals surface area contributed by atoms with Gasteiger partial charge in [0.25, 0.3) is 0 Å². The van der Waals surface area contributed by atoms with E-state index < -0.39 is 0 Å². The van der Waals surface area contributed by atoms with Crippen molar-refractivity contribution in [3.8, 4) is 0 Å². The molecule has 4 heteroatoms. The number of nitrogens with zero attached hydrogens (tertiary/aromatic N) is 2. The molecule has 0 aliphatic carbocycles. The van der Waals surface area contributed by atoms with Crippen molar-refractivity contribution < 1.29 is 0 Å². The van der Waals surface area contributed by atoms with Crippen LogP contribution >= 0.6 is 23.4 Å². The first-order valence-corrected chi connectivity index (χ1v) is 7.48. The van der Waals surface area contributed by atoms with E-state index in [2.05, 4.69) is 28.2 Å². The molecule has 2 heterocycles. The summed E-state index contributed by atoms with van der Waals surface area (Å²) in [6, 6.07) is 10.1. The molecule has 2 nitrogen and oxygen atoms in total. The van der Waals surface area contributed by atoms with Gasteiger partial charge < -0.3 is 0 Å². The van der Waals surface area contributed by atoms with Gasteiger partial charge in [-0.25, -0.2) is 4.99 Å². The Morgan fingerprint density at radius 2 is 2.11 bits per heavy atom. The third kappa shape index (κ3) is 2.67. The summed E-state index contributed by atoms with van der Waals surface area (Å²) in [6.45, 7) is 2.01. The van der Waals surface area contributed by atoms with Crippen molar-refractivity contribution in [3.05, 3.63) is 58.4 Å². The Hall–Kier alpha value is -1.32. The molecule has 0 amide bonds. The normalized spacial score (nSPS) is 13.3. The van der Waals surface area contributed by atoms with E-state index >= 15 is 0 Å². The highest BCUT2D eigenvalue weighted by Gasteiger charge is 2.15. The number of hydrogen-bond acceptors (Lipinski definition) is 3. The average molecular weight is 289 g/mol. The minimum atomic E-state index is 0.780. The second-order valence-corrected chi connectivity index (χ2v) is 5.92. The summed E-state index contributed by atoms with van der Waals surface area (Å²) in [4.78, 5) is 9.03. The van der Waals surface area contributed by atoms with Gasteiger partial charge in [-0.15, -0.1) is 11.8 Å². The minimum Gasteiger partial charge on any atom is -0.260 e. The molecule has 1 aromatic carbocycles. The number of pyridine rings is 1. The molecule has 0 N–H and O–H groups in total.